The largest absolute Gasteiger partial charge is 0.309 e. The molecule has 0 atom stereocenters. The molecule has 8 aromatic carbocycles. The summed E-state index contributed by atoms with van der Waals surface area (Å²) in [5.41, 5.74) is 12.4. The van der Waals surface area contributed by atoms with E-state index in [0.29, 0.717) is 0 Å². The third-order valence-electron chi connectivity index (χ3n) is 10.5. The van der Waals surface area contributed by atoms with Gasteiger partial charge in [0.1, 0.15) is 7.85 Å². The van der Waals surface area contributed by atoms with Gasteiger partial charge in [-0.3, -0.25) is 0 Å². The maximum atomic E-state index is 6.52. The molecular formula is C43H28BN. The summed E-state index contributed by atoms with van der Waals surface area (Å²) >= 11 is 0. The molecule has 0 N–H and O–H groups in total. The van der Waals surface area contributed by atoms with Crippen LogP contribution in [0.3, 0.4) is 0 Å². The number of hydrogen-bond donors (Lipinski definition) is 0. The molecule has 1 aliphatic rings. The highest BCUT2D eigenvalue weighted by molar-refractivity contribution is 6.43. The lowest BCUT2D eigenvalue weighted by Crippen LogP contribution is -2.14. The van der Waals surface area contributed by atoms with Crippen molar-refractivity contribution < 1.29 is 0 Å². The van der Waals surface area contributed by atoms with Crippen molar-refractivity contribution in [3.05, 3.63) is 145 Å². The van der Waals surface area contributed by atoms with Crippen LogP contribution in [0.15, 0.2) is 133 Å². The van der Waals surface area contributed by atoms with Crippen LogP contribution < -0.4 is 5.46 Å². The minimum atomic E-state index is -0.0378. The van der Waals surface area contributed by atoms with Gasteiger partial charge in [-0.1, -0.05) is 116 Å². The third-order valence-corrected chi connectivity index (χ3v) is 10.5. The molecule has 0 bridgehead atoms. The van der Waals surface area contributed by atoms with Crippen molar-refractivity contribution in [2.75, 3.05) is 0 Å². The molecule has 0 spiro atoms. The molecule has 0 saturated carbocycles. The fraction of sp³-hybridized carbons (Fsp3) is 0.0698. The summed E-state index contributed by atoms with van der Waals surface area (Å²) in [6.45, 7) is 4.71. The summed E-state index contributed by atoms with van der Waals surface area (Å²) in [5.74, 6) is 0. The molecule has 0 fully saturated rings. The van der Waals surface area contributed by atoms with E-state index in [1.165, 1.54) is 87.8 Å². The fourth-order valence-corrected chi connectivity index (χ4v) is 8.32. The van der Waals surface area contributed by atoms with Crippen LogP contribution in [-0.2, 0) is 5.41 Å². The average Bonchev–Trinajstić information content (AvgIpc) is 3.52. The molecule has 45 heavy (non-hydrogen) atoms. The number of fused-ring (bicyclic) bond motifs is 7. The van der Waals surface area contributed by atoms with E-state index in [4.69, 9.17) is 7.85 Å². The minimum Gasteiger partial charge on any atom is -0.309 e. The molecule has 0 amide bonds. The average molecular weight is 570 g/mol. The Morgan fingerprint density at radius 3 is 2.07 bits per heavy atom. The van der Waals surface area contributed by atoms with Gasteiger partial charge in [-0.05, 0) is 102 Å². The molecule has 2 heteroatoms. The van der Waals surface area contributed by atoms with Crippen LogP contribution in [-0.4, -0.2) is 12.4 Å². The van der Waals surface area contributed by atoms with Gasteiger partial charge in [0.2, 0.25) is 0 Å². The van der Waals surface area contributed by atoms with Gasteiger partial charge in [0.25, 0.3) is 0 Å². The van der Waals surface area contributed by atoms with Gasteiger partial charge in [-0.15, -0.1) is 0 Å². The molecule has 1 aromatic heterocycles. The van der Waals surface area contributed by atoms with Gasteiger partial charge >= 0.3 is 0 Å². The SMILES string of the molecule is [B]c1ccc2ccc3cc4c(c5ccc1c2c35)c1cc(-c2ccc3c(c2)C(C)(C)c2ccccc2-3)ccc1n4-c1ccccc1. The molecular weight excluding hydrogens is 541 g/mol. The maximum Gasteiger partial charge on any atom is 0.114 e. The Morgan fingerprint density at radius 2 is 1.18 bits per heavy atom. The van der Waals surface area contributed by atoms with E-state index in [1.54, 1.807) is 0 Å². The van der Waals surface area contributed by atoms with E-state index in [2.05, 4.69) is 146 Å². The lowest BCUT2D eigenvalue weighted by Gasteiger charge is -2.22. The van der Waals surface area contributed by atoms with Crippen molar-refractivity contribution in [1.29, 1.82) is 0 Å². The van der Waals surface area contributed by atoms with Gasteiger partial charge in [0.15, 0.2) is 0 Å². The van der Waals surface area contributed by atoms with Crippen LogP contribution in [0.1, 0.15) is 25.0 Å². The topological polar surface area (TPSA) is 4.93 Å². The highest BCUT2D eigenvalue weighted by atomic mass is 15.0. The second kappa shape index (κ2) is 8.64. The molecule has 1 heterocycles. The quantitative estimate of drug-likeness (QED) is 0.144. The summed E-state index contributed by atoms with van der Waals surface area (Å²) in [6.07, 6.45) is 0. The molecule has 2 radical (unpaired) electrons. The Balaban J connectivity index is 1.30. The maximum absolute atomic E-state index is 6.52. The first-order valence-electron chi connectivity index (χ1n) is 15.7. The zero-order valence-electron chi connectivity index (χ0n) is 25.2. The Kier molecular flexibility index (Phi) is 4.81. The van der Waals surface area contributed by atoms with Gasteiger partial charge < -0.3 is 4.57 Å². The second-order valence-corrected chi connectivity index (χ2v) is 13.2. The second-order valence-electron chi connectivity index (χ2n) is 13.2. The Morgan fingerprint density at radius 1 is 0.489 bits per heavy atom. The van der Waals surface area contributed by atoms with E-state index >= 15 is 0 Å². The van der Waals surface area contributed by atoms with Crippen molar-refractivity contribution in [3.8, 4) is 27.9 Å². The van der Waals surface area contributed by atoms with E-state index in [9.17, 15) is 0 Å². The van der Waals surface area contributed by atoms with Crippen LogP contribution in [0.25, 0.3) is 82.1 Å². The van der Waals surface area contributed by atoms with E-state index in [-0.39, 0.29) is 5.41 Å². The normalized spacial score (nSPS) is 13.8. The lowest BCUT2D eigenvalue weighted by atomic mass is 9.81. The molecule has 1 nitrogen and oxygen atoms in total. The van der Waals surface area contributed by atoms with E-state index < -0.39 is 0 Å². The van der Waals surface area contributed by atoms with E-state index in [0.717, 1.165) is 10.8 Å². The monoisotopic (exact) mass is 569 g/mol. The number of nitrogens with zero attached hydrogens (tertiary/aromatic N) is 1. The number of hydrogen-bond acceptors (Lipinski definition) is 0. The predicted molar refractivity (Wildman–Crippen MR) is 193 cm³/mol. The molecule has 0 saturated heterocycles. The predicted octanol–water partition coefficient (Wildman–Crippen LogP) is 10.4. The first-order chi connectivity index (χ1) is 22.0. The Labute approximate surface area is 263 Å². The molecule has 9 aromatic rings. The van der Waals surface area contributed by atoms with Gasteiger partial charge in [-0.25, -0.2) is 0 Å². The first kappa shape index (κ1) is 25.0. The zero-order chi connectivity index (χ0) is 30.0. The number of para-hydroxylation sites is 1. The molecule has 10 rings (SSSR count). The Hall–Kier alpha value is -5.34. The fourth-order valence-electron chi connectivity index (χ4n) is 8.32. The summed E-state index contributed by atoms with van der Waals surface area (Å²) in [6, 6.07) is 49.3. The minimum absolute atomic E-state index is 0.0378. The standard InChI is InChI=1S/C43H28BN/c1-43(2)35-11-7-6-10-30(35)31-17-14-27(23-36(31)43)26-16-21-38-34(22-26)42-33-19-18-32-37(44)20-15-25-12-13-28(41(33)40(25)32)24-39(42)45(38)29-8-4-3-5-9-29/h3-24H,1-2H3. The first-order valence-corrected chi connectivity index (χ1v) is 15.7. The Bertz CT molecular complexity index is 2680. The summed E-state index contributed by atoms with van der Waals surface area (Å²) in [4.78, 5) is 0. The zero-order valence-corrected chi connectivity index (χ0v) is 25.2. The smallest absolute Gasteiger partial charge is 0.114 e. The van der Waals surface area contributed by atoms with Gasteiger partial charge in [0.05, 0.1) is 11.0 Å². The van der Waals surface area contributed by atoms with Crippen LogP contribution in [0.4, 0.5) is 0 Å². The van der Waals surface area contributed by atoms with Gasteiger partial charge in [-0.2, -0.15) is 0 Å². The summed E-state index contributed by atoms with van der Waals surface area (Å²) < 4.78 is 2.43. The van der Waals surface area contributed by atoms with Crippen LogP contribution in [0, 0.1) is 0 Å². The molecule has 0 aliphatic heterocycles. The van der Waals surface area contributed by atoms with Gasteiger partial charge in [0, 0.05) is 21.9 Å². The lowest BCUT2D eigenvalue weighted by molar-refractivity contribution is 0.660. The van der Waals surface area contributed by atoms with Crippen molar-refractivity contribution in [3.63, 3.8) is 0 Å². The van der Waals surface area contributed by atoms with Crippen LogP contribution in [0.5, 0.6) is 0 Å². The van der Waals surface area contributed by atoms with Crippen molar-refractivity contribution in [2.45, 2.75) is 19.3 Å². The molecule has 208 valence electrons. The molecule has 0 unspecified atom stereocenters. The highest BCUT2D eigenvalue weighted by Crippen LogP contribution is 2.50. The van der Waals surface area contributed by atoms with E-state index in [1.807, 2.05) is 6.07 Å². The van der Waals surface area contributed by atoms with Crippen LogP contribution >= 0.6 is 0 Å². The third kappa shape index (κ3) is 3.24. The molecule has 1 aliphatic carbocycles. The van der Waals surface area contributed by atoms with Crippen LogP contribution in [0.2, 0.25) is 0 Å². The van der Waals surface area contributed by atoms with Crippen molar-refractivity contribution in [1.82, 2.24) is 4.57 Å². The van der Waals surface area contributed by atoms with Crippen molar-refractivity contribution in [2.24, 2.45) is 0 Å². The number of aromatic nitrogens is 1. The van der Waals surface area contributed by atoms with Crippen molar-refractivity contribution >= 4 is 67.4 Å². The summed E-state index contributed by atoms with van der Waals surface area (Å²) in [7, 11) is 6.52. The number of rotatable bonds is 2. The summed E-state index contributed by atoms with van der Waals surface area (Å²) in [5, 5.41) is 9.96. The number of benzene rings is 8. The highest BCUT2D eigenvalue weighted by Gasteiger charge is 2.35.